The number of nitrogens with zero attached hydrogens (tertiary/aromatic N) is 5. The van der Waals surface area contributed by atoms with E-state index in [9.17, 15) is 0 Å². The van der Waals surface area contributed by atoms with Gasteiger partial charge in [0.15, 0.2) is 0 Å². The van der Waals surface area contributed by atoms with Gasteiger partial charge in [-0.05, 0) is 37.7 Å². The third kappa shape index (κ3) is 8.14. The molecule has 2 heterocycles. The van der Waals surface area contributed by atoms with E-state index in [1.54, 1.807) is 26.4 Å². The number of aromatic nitrogens is 2. The molecule has 1 fully saturated rings. The van der Waals surface area contributed by atoms with Crippen LogP contribution in [0.2, 0.25) is 5.02 Å². The number of hydrogen-bond donors (Lipinski definition) is 2. The van der Waals surface area contributed by atoms with Gasteiger partial charge in [0, 0.05) is 56.2 Å². The quantitative estimate of drug-likeness (QED) is 0.221. The summed E-state index contributed by atoms with van der Waals surface area (Å²) in [5, 5.41) is 7.12. The Hall–Kier alpha value is -3.73. The maximum absolute atomic E-state index is 6.26. The summed E-state index contributed by atoms with van der Waals surface area (Å²) in [5.41, 5.74) is 3.52. The van der Waals surface area contributed by atoms with E-state index in [1.165, 1.54) is 5.56 Å². The fourth-order valence-electron chi connectivity index (χ4n) is 4.30. The molecule has 0 spiro atoms. The molecule has 3 aromatic rings. The molecule has 0 amide bonds. The molecular formula is C29H34ClN7O2S. The van der Waals surface area contributed by atoms with E-state index in [-0.39, 0.29) is 5.11 Å². The van der Waals surface area contributed by atoms with E-state index in [1.807, 2.05) is 38.1 Å². The predicted octanol–water partition coefficient (Wildman–Crippen LogP) is 5.26. The fraction of sp³-hybridized carbons (Fsp3) is 0.310. The molecule has 9 nitrogen and oxygen atoms in total. The number of aliphatic imine (C=N–C) groups is 1. The summed E-state index contributed by atoms with van der Waals surface area (Å²) in [5.74, 6) is 2.06. The largest absolute Gasteiger partial charge is 0.495 e. The number of guanidine groups is 1. The maximum Gasteiger partial charge on any atom is 0.229 e. The molecule has 1 aliphatic heterocycles. The van der Waals surface area contributed by atoms with Crippen LogP contribution in [0.25, 0.3) is 6.08 Å². The standard InChI is InChI=1S/C29H34ClN7O2S/c1-20-17-21(2)32-27(31-20)34-28(35-29(40)33-24-19-25(38-3)23(30)18-26(24)39-4)37-15-13-36(14-16-37)12-8-11-22-9-6-5-7-10-22/h5-11,17-19H,12-16H2,1-4H3,(H2,31,32,33,34,35,40)/b11-8+. The van der Waals surface area contributed by atoms with Gasteiger partial charge in [0.1, 0.15) is 11.5 Å². The Kier molecular flexibility index (Phi) is 10.3. The van der Waals surface area contributed by atoms with Crippen LogP contribution in [0.3, 0.4) is 0 Å². The van der Waals surface area contributed by atoms with Gasteiger partial charge in [-0.15, -0.1) is 0 Å². The first-order chi connectivity index (χ1) is 19.3. The average molecular weight is 580 g/mol. The Morgan fingerprint density at radius 2 is 1.65 bits per heavy atom. The zero-order valence-electron chi connectivity index (χ0n) is 23.1. The van der Waals surface area contributed by atoms with E-state index in [0.717, 1.165) is 44.1 Å². The van der Waals surface area contributed by atoms with Crippen LogP contribution in [0.15, 0.2) is 59.6 Å². The van der Waals surface area contributed by atoms with E-state index in [2.05, 4.69) is 54.7 Å². The van der Waals surface area contributed by atoms with Crippen molar-refractivity contribution in [3.8, 4) is 11.5 Å². The topological polar surface area (TPSA) is 87.1 Å². The lowest BCUT2D eigenvalue weighted by atomic mass is 10.2. The Bertz CT molecular complexity index is 1360. The molecular weight excluding hydrogens is 546 g/mol. The van der Waals surface area contributed by atoms with E-state index in [4.69, 9.17) is 38.3 Å². The van der Waals surface area contributed by atoms with E-state index in [0.29, 0.717) is 34.1 Å². The fourth-order valence-corrected chi connectivity index (χ4v) is 4.73. The van der Waals surface area contributed by atoms with Crippen LogP contribution in [-0.4, -0.2) is 77.8 Å². The number of thiocarbonyl (C=S) groups is 1. The monoisotopic (exact) mass is 579 g/mol. The molecule has 0 saturated carbocycles. The molecule has 0 aliphatic carbocycles. The molecule has 1 aliphatic rings. The van der Waals surface area contributed by atoms with Gasteiger partial charge in [-0.2, -0.15) is 4.99 Å². The van der Waals surface area contributed by atoms with Crippen LogP contribution < -0.4 is 20.1 Å². The first kappa shape index (κ1) is 29.3. The number of piperazine rings is 1. The van der Waals surface area contributed by atoms with Crippen molar-refractivity contribution in [2.45, 2.75) is 13.8 Å². The molecule has 2 aromatic carbocycles. The number of halogens is 1. The van der Waals surface area contributed by atoms with Crippen LogP contribution >= 0.6 is 23.8 Å². The normalized spacial score (nSPS) is 14.3. The first-order valence-corrected chi connectivity index (χ1v) is 13.7. The number of benzene rings is 2. The molecule has 40 heavy (non-hydrogen) atoms. The summed E-state index contributed by atoms with van der Waals surface area (Å²) >= 11 is 11.9. The highest BCUT2D eigenvalue weighted by Gasteiger charge is 2.21. The molecule has 0 atom stereocenters. The van der Waals surface area contributed by atoms with Crippen molar-refractivity contribution in [2.24, 2.45) is 4.99 Å². The van der Waals surface area contributed by atoms with Crippen LogP contribution in [0.1, 0.15) is 17.0 Å². The minimum Gasteiger partial charge on any atom is -0.495 e. The highest BCUT2D eigenvalue weighted by molar-refractivity contribution is 7.80. The van der Waals surface area contributed by atoms with Gasteiger partial charge in [0.05, 0.1) is 24.9 Å². The first-order valence-electron chi connectivity index (χ1n) is 12.9. The van der Waals surface area contributed by atoms with E-state index < -0.39 is 0 Å². The van der Waals surface area contributed by atoms with Crippen molar-refractivity contribution in [2.75, 3.05) is 57.6 Å². The highest BCUT2D eigenvalue weighted by Crippen LogP contribution is 2.36. The molecule has 11 heteroatoms. The molecule has 1 aromatic heterocycles. The van der Waals surface area contributed by atoms with Crippen LogP contribution in [0.5, 0.6) is 11.5 Å². The second kappa shape index (κ2) is 14.1. The lowest BCUT2D eigenvalue weighted by molar-refractivity contribution is 0.198. The van der Waals surface area contributed by atoms with Gasteiger partial charge in [-0.25, -0.2) is 9.97 Å². The lowest BCUT2D eigenvalue weighted by Crippen LogP contribution is -2.51. The third-order valence-corrected chi connectivity index (χ3v) is 6.76. The second-order valence-electron chi connectivity index (χ2n) is 9.25. The number of nitrogens with one attached hydrogen (secondary N) is 2. The molecule has 0 bridgehead atoms. The third-order valence-electron chi connectivity index (χ3n) is 6.27. The predicted molar refractivity (Wildman–Crippen MR) is 167 cm³/mol. The Morgan fingerprint density at radius 3 is 2.30 bits per heavy atom. The number of aryl methyl sites for hydroxylation is 2. The van der Waals surface area contributed by atoms with Crippen molar-refractivity contribution in [3.63, 3.8) is 0 Å². The minimum atomic E-state index is 0.239. The Labute approximate surface area is 245 Å². The molecule has 210 valence electrons. The Balaban J connectivity index is 1.49. The van der Waals surface area contributed by atoms with E-state index >= 15 is 0 Å². The second-order valence-corrected chi connectivity index (χ2v) is 10.0. The molecule has 0 unspecified atom stereocenters. The number of rotatable bonds is 7. The van der Waals surface area contributed by atoms with Gasteiger partial charge < -0.3 is 19.7 Å². The van der Waals surface area contributed by atoms with Crippen LogP contribution in [0, 0.1) is 13.8 Å². The summed E-state index contributed by atoms with van der Waals surface area (Å²) in [6.07, 6.45) is 4.36. The SMILES string of the molecule is COc1cc(NC(=S)/N=C(\Nc2nc(C)cc(C)n2)N2CCN(C/C=C/c3ccccc3)CC2)c(OC)cc1Cl. The number of anilines is 2. The number of hydrogen-bond acceptors (Lipinski definition) is 6. The van der Waals surface area contributed by atoms with Gasteiger partial charge in [0.2, 0.25) is 17.0 Å². The summed E-state index contributed by atoms with van der Waals surface area (Å²) in [6.45, 7) is 8.01. The van der Waals surface area contributed by atoms with Crippen LogP contribution in [0.4, 0.5) is 11.6 Å². The van der Waals surface area contributed by atoms with Gasteiger partial charge in [-0.1, -0.05) is 54.1 Å². The number of ether oxygens (including phenoxy) is 2. The Morgan fingerprint density at radius 1 is 0.975 bits per heavy atom. The van der Waals surface area contributed by atoms with Crippen LogP contribution in [-0.2, 0) is 0 Å². The zero-order valence-corrected chi connectivity index (χ0v) is 24.7. The maximum atomic E-state index is 6.26. The van der Waals surface area contributed by atoms with Crippen molar-refractivity contribution in [1.82, 2.24) is 19.8 Å². The van der Waals surface area contributed by atoms with Crippen molar-refractivity contribution in [1.29, 1.82) is 0 Å². The highest BCUT2D eigenvalue weighted by atomic mass is 35.5. The molecule has 4 rings (SSSR count). The van der Waals surface area contributed by atoms with Crippen molar-refractivity contribution < 1.29 is 9.47 Å². The smallest absolute Gasteiger partial charge is 0.229 e. The average Bonchev–Trinajstić information content (AvgIpc) is 2.94. The molecule has 0 radical (unpaired) electrons. The number of methoxy groups -OCH3 is 2. The summed E-state index contributed by atoms with van der Waals surface area (Å²) in [4.78, 5) is 18.4. The van der Waals surface area contributed by atoms with Crippen molar-refractivity contribution >= 4 is 52.6 Å². The minimum absolute atomic E-state index is 0.239. The molecule has 1 saturated heterocycles. The summed E-state index contributed by atoms with van der Waals surface area (Å²) < 4.78 is 10.8. The lowest BCUT2D eigenvalue weighted by Gasteiger charge is -2.35. The summed E-state index contributed by atoms with van der Waals surface area (Å²) in [6, 6.07) is 15.6. The summed E-state index contributed by atoms with van der Waals surface area (Å²) in [7, 11) is 3.12. The van der Waals surface area contributed by atoms with Gasteiger partial charge in [0.25, 0.3) is 0 Å². The van der Waals surface area contributed by atoms with Gasteiger partial charge >= 0.3 is 0 Å². The zero-order chi connectivity index (χ0) is 28.5. The molecule has 2 N–H and O–H groups in total. The van der Waals surface area contributed by atoms with Gasteiger partial charge in [-0.3, -0.25) is 10.2 Å². The van der Waals surface area contributed by atoms with Crippen molar-refractivity contribution in [3.05, 3.63) is 76.6 Å².